The van der Waals surface area contributed by atoms with E-state index in [0.29, 0.717) is 6.54 Å². The van der Waals surface area contributed by atoms with Gasteiger partial charge in [0, 0.05) is 12.5 Å². The number of urea groups is 2. The lowest BCUT2D eigenvalue weighted by molar-refractivity contribution is 0.203. The first-order valence-corrected chi connectivity index (χ1v) is 3.89. The Morgan fingerprint density at radius 3 is 2.23 bits per heavy atom. The van der Waals surface area contributed by atoms with Crippen molar-refractivity contribution in [1.82, 2.24) is 4.90 Å². The van der Waals surface area contributed by atoms with Gasteiger partial charge in [0.05, 0.1) is 0 Å². The van der Waals surface area contributed by atoms with E-state index in [1.165, 1.54) is 0 Å². The molecule has 0 atom stereocenters. The van der Waals surface area contributed by atoms with Crippen LogP contribution in [0.5, 0.6) is 0 Å². The van der Waals surface area contributed by atoms with Gasteiger partial charge in [0.1, 0.15) is 0 Å². The number of allylic oxidation sites excluding steroid dienone is 2. The van der Waals surface area contributed by atoms with Gasteiger partial charge in [0.25, 0.3) is 0 Å². The highest BCUT2D eigenvalue weighted by Crippen LogP contribution is 2.15. The van der Waals surface area contributed by atoms with Gasteiger partial charge in [0.2, 0.25) is 0 Å². The number of amides is 4. The Hall–Kier alpha value is -1.78. The normalized spacial score (nSPS) is 21.1. The lowest BCUT2D eigenvalue weighted by atomic mass is 10.1. The molecule has 0 aromatic heterocycles. The molecule has 1 aliphatic carbocycles. The van der Waals surface area contributed by atoms with E-state index in [1.54, 1.807) is 0 Å². The van der Waals surface area contributed by atoms with Gasteiger partial charge in [0.15, 0.2) is 0 Å². The van der Waals surface area contributed by atoms with Crippen LogP contribution >= 0.6 is 0 Å². The maximum Gasteiger partial charge on any atom is 0.370 e. The molecule has 0 saturated heterocycles. The van der Waals surface area contributed by atoms with Crippen molar-refractivity contribution in [3.05, 3.63) is 24.3 Å². The summed E-state index contributed by atoms with van der Waals surface area (Å²) in [6, 6.07) is -1.14. The van der Waals surface area contributed by atoms with Crippen molar-refractivity contribution < 1.29 is 9.59 Å². The second-order valence-electron chi connectivity index (χ2n) is 2.81. The molecule has 0 spiro atoms. The van der Waals surface area contributed by atoms with Gasteiger partial charge in [-0.05, 0) is 0 Å². The highest BCUT2D eigenvalue weighted by molar-refractivity contribution is 5.98. The molecular weight excluding hydrogens is 170 g/mol. The summed E-state index contributed by atoms with van der Waals surface area (Å²) in [5, 5.41) is 6.31. The largest absolute Gasteiger partial charge is 0.370 e. The summed E-state index contributed by atoms with van der Waals surface area (Å²) in [7, 11) is 0. The number of hydrogen-bond acceptors (Lipinski definition) is 2. The number of nitrogens with zero attached hydrogens (tertiary/aromatic N) is 3. The van der Waals surface area contributed by atoms with E-state index >= 15 is 0 Å². The minimum Gasteiger partial charge on any atom is -0.244 e. The van der Waals surface area contributed by atoms with Gasteiger partial charge >= 0.3 is 12.1 Å². The molecule has 0 fully saturated rings. The lowest BCUT2D eigenvalue weighted by Gasteiger charge is -2.12. The quantitative estimate of drug-likeness (QED) is 0.644. The van der Waals surface area contributed by atoms with Crippen LogP contribution in [0.2, 0.25) is 0 Å². The highest BCUT2D eigenvalue weighted by atomic mass is 16.2. The molecule has 4 amide bonds. The number of imide groups is 1. The van der Waals surface area contributed by atoms with Crippen LogP contribution in [-0.2, 0) is 0 Å². The Labute approximate surface area is 74.4 Å². The average Bonchev–Trinajstić information content (AvgIpc) is 2.70. The standard InChI is InChI=1S/C8H7N3O2/c12-7-9-10-8(13)11(7)5-6-3-1-2-4-6/h1-4,6H,5H2. The van der Waals surface area contributed by atoms with Gasteiger partial charge in [-0.1, -0.05) is 34.5 Å². The molecular formula is C8H7N3O2. The lowest BCUT2D eigenvalue weighted by Crippen LogP contribution is -2.31. The first kappa shape index (κ1) is 7.85. The molecule has 0 unspecified atom stereocenters. The maximum absolute atomic E-state index is 11.0. The van der Waals surface area contributed by atoms with Crippen LogP contribution in [0, 0.1) is 5.92 Å². The highest BCUT2D eigenvalue weighted by Gasteiger charge is 2.28. The first-order valence-electron chi connectivity index (χ1n) is 3.89. The third-order valence-corrected chi connectivity index (χ3v) is 1.90. The Kier molecular flexibility index (Phi) is 1.77. The Morgan fingerprint density at radius 2 is 1.69 bits per heavy atom. The van der Waals surface area contributed by atoms with E-state index in [4.69, 9.17) is 0 Å². The van der Waals surface area contributed by atoms with Crippen LogP contribution in [0.25, 0.3) is 0 Å². The molecule has 1 heterocycles. The van der Waals surface area contributed by atoms with Gasteiger partial charge < -0.3 is 0 Å². The molecule has 5 nitrogen and oxygen atoms in total. The summed E-state index contributed by atoms with van der Waals surface area (Å²) < 4.78 is 0. The third kappa shape index (κ3) is 1.40. The topological polar surface area (TPSA) is 62.1 Å². The zero-order chi connectivity index (χ0) is 9.26. The zero-order valence-corrected chi connectivity index (χ0v) is 6.75. The number of carbonyl (C=O) groups excluding carboxylic acids is 2. The van der Waals surface area contributed by atoms with Crippen molar-refractivity contribution in [3.63, 3.8) is 0 Å². The Balaban J connectivity index is 2.02. The van der Waals surface area contributed by atoms with Crippen molar-refractivity contribution in [2.75, 3.05) is 6.54 Å². The second-order valence-corrected chi connectivity index (χ2v) is 2.81. The zero-order valence-electron chi connectivity index (χ0n) is 6.75. The summed E-state index contributed by atoms with van der Waals surface area (Å²) in [5.41, 5.74) is 0. The van der Waals surface area contributed by atoms with E-state index in [2.05, 4.69) is 10.2 Å². The molecule has 66 valence electrons. The molecule has 0 bridgehead atoms. The van der Waals surface area contributed by atoms with Crippen LogP contribution in [0.3, 0.4) is 0 Å². The minimum atomic E-state index is -0.571. The van der Waals surface area contributed by atoms with Crippen LogP contribution < -0.4 is 0 Å². The molecule has 5 heteroatoms. The predicted octanol–water partition coefficient (Wildman–Crippen LogP) is 1.74. The second kappa shape index (κ2) is 2.93. The minimum absolute atomic E-state index is 0.108. The molecule has 1 aliphatic heterocycles. The number of rotatable bonds is 2. The summed E-state index contributed by atoms with van der Waals surface area (Å²) in [5.74, 6) is 0.108. The summed E-state index contributed by atoms with van der Waals surface area (Å²) in [6.07, 6.45) is 7.59. The monoisotopic (exact) mass is 177 g/mol. The summed E-state index contributed by atoms with van der Waals surface area (Å²) >= 11 is 0. The van der Waals surface area contributed by atoms with Crippen molar-refractivity contribution >= 4 is 12.1 Å². The summed E-state index contributed by atoms with van der Waals surface area (Å²) in [4.78, 5) is 23.0. The van der Waals surface area contributed by atoms with Crippen molar-refractivity contribution in [2.45, 2.75) is 0 Å². The van der Waals surface area contributed by atoms with E-state index in [1.807, 2.05) is 24.3 Å². The Morgan fingerprint density at radius 1 is 1.15 bits per heavy atom. The number of azo groups is 1. The van der Waals surface area contributed by atoms with Crippen LogP contribution in [-0.4, -0.2) is 23.5 Å². The fraction of sp³-hybridized carbons (Fsp3) is 0.250. The summed E-state index contributed by atoms with van der Waals surface area (Å²) in [6.45, 7) is 0.331. The first-order chi connectivity index (χ1) is 6.27. The average molecular weight is 177 g/mol. The van der Waals surface area contributed by atoms with Crippen LogP contribution in [0.4, 0.5) is 9.59 Å². The van der Waals surface area contributed by atoms with Crippen LogP contribution in [0.1, 0.15) is 0 Å². The maximum atomic E-state index is 11.0. The smallest absolute Gasteiger partial charge is 0.244 e. The van der Waals surface area contributed by atoms with Crippen molar-refractivity contribution in [3.8, 4) is 0 Å². The van der Waals surface area contributed by atoms with Crippen molar-refractivity contribution in [1.29, 1.82) is 0 Å². The number of hydrogen-bond donors (Lipinski definition) is 0. The van der Waals surface area contributed by atoms with E-state index in [-0.39, 0.29) is 5.92 Å². The fourth-order valence-corrected chi connectivity index (χ4v) is 1.24. The van der Waals surface area contributed by atoms with Gasteiger partial charge in [-0.3, -0.25) is 0 Å². The number of carbonyl (C=O) groups is 2. The Bertz CT molecular complexity index is 313. The fourth-order valence-electron chi connectivity index (χ4n) is 1.24. The van der Waals surface area contributed by atoms with Crippen LogP contribution in [0.15, 0.2) is 34.5 Å². The van der Waals surface area contributed by atoms with Gasteiger partial charge in [-0.2, -0.15) is 0 Å². The molecule has 13 heavy (non-hydrogen) atoms. The molecule has 2 rings (SSSR count). The van der Waals surface area contributed by atoms with E-state index < -0.39 is 12.1 Å². The molecule has 0 N–H and O–H groups in total. The van der Waals surface area contributed by atoms with Gasteiger partial charge in [-0.15, -0.1) is 0 Å². The van der Waals surface area contributed by atoms with Gasteiger partial charge in [-0.25, -0.2) is 14.5 Å². The van der Waals surface area contributed by atoms with E-state index in [9.17, 15) is 9.59 Å². The molecule has 0 radical (unpaired) electrons. The van der Waals surface area contributed by atoms with E-state index in [0.717, 1.165) is 4.90 Å². The molecule has 0 saturated carbocycles. The molecule has 0 aromatic rings. The molecule has 0 aromatic carbocycles. The molecule has 2 aliphatic rings. The SMILES string of the molecule is O=C1N=NC(=O)N1CC1C=CC=C1. The van der Waals surface area contributed by atoms with Crippen molar-refractivity contribution in [2.24, 2.45) is 16.1 Å². The predicted molar refractivity (Wildman–Crippen MR) is 44.1 cm³/mol. The third-order valence-electron chi connectivity index (χ3n) is 1.90.